The predicted octanol–water partition coefficient (Wildman–Crippen LogP) is 2.40. The third kappa shape index (κ3) is 3.05. The summed E-state index contributed by atoms with van der Waals surface area (Å²) in [5.74, 6) is -1.09. The minimum Gasteiger partial charge on any atom is -0.478 e. The van der Waals surface area contributed by atoms with E-state index in [4.69, 9.17) is 0 Å². The van der Waals surface area contributed by atoms with Crippen LogP contribution in [0.5, 0.6) is 0 Å². The van der Waals surface area contributed by atoms with Gasteiger partial charge in [0.25, 0.3) is 0 Å². The molecule has 0 aliphatic carbocycles. The topological polar surface area (TPSA) is 74.7 Å². The highest BCUT2D eigenvalue weighted by Crippen LogP contribution is 2.35. The molecule has 0 spiro atoms. The highest BCUT2D eigenvalue weighted by molar-refractivity contribution is 7.90. The Morgan fingerprint density at radius 2 is 1.71 bits per heavy atom. The maximum Gasteiger partial charge on any atom is 0.336 e. The summed E-state index contributed by atoms with van der Waals surface area (Å²) >= 11 is 0. The number of anilines is 1. The smallest absolute Gasteiger partial charge is 0.336 e. The maximum atomic E-state index is 12.1. The zero-order valence-corrected chi connectivity index (χ0v) is 13.5. The molecule has 0 saturated carbocycles. The number of benzene rings is 1. The summed E-state index contributed by atoms with van der Waals surface area (Å²) in [5, 5.41) is 9.27. The lowest BCUT2D eigenvalue weighted by molar-refractivity contribution is 0.0695. The number of rotatable bonds is 3. The first-order valence-electron chi connectivity index (χ1n) is 7.06. The number of sulfone groups is 1. The maximum absolute atomic E-state index is 12.1. The summed E-state index contributed by atoms with van der Waals surface area (Å²) in [6.07, 6.45) is 4.34. The van der Waals surface area contributed by atoms with Crippen molar-refractivity contribution >= 4 is 21.5 Å². The van der Waals surface area contributed by atoms with Gasteiger partial charge in [0.15, 0.2) is 9.84 Å². The third-order valence-corrected chi connectivity index (χ3v) is 5.24. The Kier molecular flexibility index (Phi) is 4.27. The van der Waals surface area contributed by atoms with E-state index >= 15 is 0 Å². The molecule has 1 aromatic rings. The van der Waals surface area contributed by atoms with E-state index in [-0.39, 0.29) is 10.5 Å². The van der Waals surface area contributed by atoms with Crippen LogP contribution in [0.4, 0.5) is 5.69 Å². The molecule has 1 aliphatic rings. The number of hydrogen-bond donors (Lipinski definition) is 1. The molecule has 1 saturated heterocycles. The number of carboxylic acids is 1. The molecule has 6 heteroatoms. The van der Waals surface area contributed by atoms with Gasteiger partial charge >= 0.3 is 5.97 Å². The molecule has 21 heavy (non-hydrogen) atoms. The second kappa shape index (κ2) is 5.67. The van der Waals surface area contributed by atoms with Crippen LogP contribution in [-0.2, 0) is 9.84 Å². The molecular formula is C15H21NO4S. The van der Waals surface area contributed by atoms with Gasteiger partial charge in [0.2, 0.25) is 0 Å². The Balaban J connectivity index is 2.72. The lowest BCUT2D eigenvalue weighted by Gasteiger charge is -2.32. The normalized spacial score (nSPS) is 16.0. The van der Waals surface area contributed by atoms with E-state index in [9.17, 15) is 18.3 Å². The van der Waals surface area contributed by atoms with E-state index < -0.39 is 15.8 Å². The van der Waals surface area contributed by atoms with Gasteiger partial charge in [-0.15, -0.1) is 0 Å². The average Bonchev–Trinajstić information content (AvgIpc) is 2.40. The molecule has 0 amide bonds. The van der Waals surface area contributed by atoms with Crippen LogP contribution in [0, 0.1) is 13.8 Å². The van der Waals surface area contributed by atoms with Gasteiger partial charge in [-0.05, 0) is 50.3 Å². The first-order valence-corrected chi connectivity index (χ1v) is 8.95. The second-order valence-corrected chi connectivity index (χ2v) is 7.63. The van der Waals surface area contributed by atoms with Crippen LogP contribution in [0.15, 0.2) is 11.0 Å². The highest BCUT2D eigenvalue weighted by atomic mass is 32.2. The predicted molar refractivity (Wildman–Crippen MR) is 82.0 cm³/mol. The van der Waals surface area contributed by atoms with Gasteiger partial charge in [-0.2, -0.15) is 0 Å². The summed E-state index contributed by atoms with van der Waals surface area (Å²) in [6.45, 7) is 5.17. The van der Waals surface area contributed by atoms with Crippen molar-refractivity contribution in [3.8, 4) is 0 Å². The first-order chi connectivity index (χ1) is 9.73. The van der Waals surface area contributed by atoms with E-state index in [0.29, 0.717) is 11.3 Å². The molecular weight excluding hydrogens is 290 g/mol. The fourth-order valence-corrected chi connectivity index (χ4v) is 3.85. The molecule has 5 nitrogen and oxygen atoms in total. The Hall–Kier alpha value is -1.56. The number of carbonyl (C=O) groups is 1. The number of nitrogens with zero attached hydrogens (tertiary/aromatic N) is 1. The molecule has 1 aromatic carbocycles. The van der Waals surface area contributed by atoms with E-state index in [1.165, 1.54) is 6.07 Å². The number of carboxylic acid groups (broad SMARTS) is 1. The molecule has 0 aromatic heterocycles. The molecule has 2 rings (SSSR count). The van der Waals surface area contributed by atoms with E-state index in [1.54, 1.807) is 13.8 Å². The average molecular weight is 311 g/mol. The number of piperidine rings is 1. The van der Waals surface area contributed by atoms with E-state index in [1.807, 2.05) is 0 Å². The van der Waals surface area contributed by atoms with Crippen LogP contribution >= 0.6 is 0 Å². The molecule has 1 fully saturated rings. The largest absolute Gasteiger partial charge is 0.478 e. The molecule has 0 atom stereocenters. The SMILES string of the molecule is Cc1c(C(=O)O)cc(S(C)(=O)=O)c(N2CCCCC2)c1C. The molecule has 0 radical (unpaired) electrons. The zero-order valence-electron chi connectivity index (χ0n) is 12.6. The fourth-order valence-electron chi connectivity index (χ4n) is 2.89. The van der Waals surface area contributed by atoms with Crippen LogP contribution in [0.2, 0.25) is 0 Å². The van der Waals surface area contributed by atoms with Gasteiger partial charge in [0, 0.05) is 19.3 Å². The van der Waals surface area contributed by atoms with Gasteiger partial charge < -0.3 is 10.0 Å². The highest BCUT2D eigenvalue weighted by Gasteiger charge is 2.26. The summed E-state index contributed by atoms with van der Waals surface area (Å²) in [7, 11) is -3.48. The van der Waals surface area contributed by atoms with Gasteiger partial charge in [-0.25, -0.2) is 13.2 Å². The van der Waals surface area contributed by atoms with Crippen molar-refractivity contribution in [3.63, 3.8) is 0 Å². The third-order valence-electron chi connectivity index (χ3n) is 4.13. The van der Waals surface area contributed by atoms with Gasteiger partial charge in [0.1, 0.15) is 0 Å². The van der Waals surface area contributed by atoms with Crippen molar-refractivity contribution in [2.24, 2.45) is 0 Å². The zero-order chi connectivity index (χ0) is 15.8. The van der Waals surface area contributed by atoms with Gasteiger partial charge in [0.05, 0.1) is 16.1 Å². The van der Waals surface area contributed by atoms with Crippen LogP contribution in [0.1, 0.15) is 40.7 Å². The standard InChI is InChI=1S/C15H21NO4S/c1-10-11(2)14(16-7-5-4-6-8-16)13(21(3,19)20)9-12(10)15(17)18/h9H,4-8H2,1-3H3,(H,17,18). The van der Waals surface area contributed by atoms with Crippen LogP contribution in [-0.4, -0.2) is 38.8 Å². The second-order valence-electron chi connectivity index (χ2n) is 5.65. The van der Waals surface area contributed by atoms with Crippen molar-refractivity contribution in [2.45, 2.75) is 38.0 Å². The van der Waals surface area contributed by atoms with Crippen molar-refractivity contribution in [1.29, 1.82) is 0 Å². The molecule has 0 bridgehead atoms. The number of hydrogen-bond acceptors (Lipinski definition) is 4. The molecule has 1 heterocycles. The Morgan fingerprint density at radius 3 is 2.19 bits per heavy atom. The van der Waals surface area contributed by atoms with Crippen LogP contribution in [0.25, 0.3) is 0 Å². The Morgan fingerprint density at radius 1 is 1.14 bits per heavy atom. The van der Waals surface area contributed by atoms with Crippen molar-refractivity contribution in [2.75, 3.05) is 24.2 Å². The molecule has 1 N–H and O–H groups in total. The lowest BCUT2D eigenvalue weighted by atomic mass is 9.99. The summed E-state index contributed by atoms with van der Waals surface area (Å²) < 4.78 is 24.2. The number of aromatic carboxylic acids is 1. The van der Waals surface area contributed by atoms with Crippen molar-refractivity contribution in [1.82, 2.24) is 0 Å². The van der Waals surface area contributed by atoms with E-state index in [2.05, 4.69) is 4.90 Å². The minimum atomic E-state index is -3.48. The summed E-state index contributed by atoms with van der Waals surface area (Å²) in [4.78, 5) is 13.5. The summed E-state index contributed by atoms with van der Waals surface area (Å²) in [6, 6.07) is 1.31. The van der Waals surface area contributed by atoms with Crippen molar-refractivity contribution < 1.29 is 18.3 Å². The van der Waals surface area contributed by atoms with Crippen LogP contribution in [0.3, 0.4) is 0 Å². The fraction of sp³-hybridized carbons (Fsp3) is 0.533. The molecule has 116 valence electrons. The quantitative estimate of drug-likeness (QED) is 0.927. The Bertz CT molecular complexity index is 673. The Labute approximate surface area is 125 Å². The monoisotopic (exact) mass is 311 g/mol. The summed E-state index contributed by atoms with van der Waals surface area (Å²) in [5.41, 5.74) is 2.13. The van der Waals surface area contributed by atoms with Gasteiger partial charge in [-0.3, -0.25) is 0 Å². The van der Waals surface area contributed by atoms with Gasteiger partial charge in [-0.1, -0.05) is 0 Å². The molecule has 0 unspecified atom stereocenters. The lowest BCUT2D eigenvalue weighted by Crippen LogP contribution is -2.31. The van der Waals surface area contributed by atoms with Crippen molar-refractivity contribution in [3.05, 3.63) is 22.8 Å². The molecule has 1 aliphatic heterocycles. The first kappa shape index (κ1) is 15.8. The van der Waals surface area contributed by atoms with Crippen LogP contribution < -0.4 is 4.90 Å². The van der Waals surface area contributed by atoms with E-state index in [0.717, 1.165) is 44.2 Å². The minimum absolute atomic E-state index is 0.0636.